The van der Waals surface area contributed by atoms with Gasteiger partial charge in [0.1, 0.15) is 5.75 Å². The number of methoxy groups -OCH3 is 1. The lowest BCUT2D eigenvalue weighted by atomic mass is 10.1. The van der Waals surface area contributed by atoms with Gasteiger partial charge in [0.05, 0.1) is 13.2 Å². The molecule has 0 radical (unpaired) electrons. The summed E-state index contributed by atoms with van der Waals surface area (Å²) < 4.78 is 11.2. The molecule has 1 unspecified atom stereocenters. The first-order chi connectivity index (χ1) is 11.3. The third-order valence-corrected chi connectivity index (χ3v) is 4.16. The maximum Gasteiger partial charge on any atom is 0.119 e. The van der Waals surface area contributed by atoms with Crippen LogP contribution in [0.15, 0.2) is 48.8 Å². The quantitative estimate of drug-likeness (QED) is 0.786. The summed E-state index contributed by atoms with van der Waals surface area (Å²) in [5, 5.41) is 0. The van der Waals surface area contributed by atoms with Gasteiger partial charge in [0.15, 0.2) is 0 Å². The Morgan fingerprint density at radius 1 is 1.22 bits per heavy atom. The van der Waals surface area contributed by atoms with Crippen molar-refractivity contribution in [1.29, 1.82) is 0 Å². The lowest BCUT2D eigenvalue weighted by molar-refractivity contribution is 0.0678. The van der Waals surface area contributed by atoms with Crippen molar-refractivity contribution >= 4 is 0 Å². The van der Waals surface area contributed by atoms with E-state index in [2.05, 4.69) is 28.1 Å². The number of aromatic nitrogens is 1. The predicted molar refractivity (Wildman–Crippen MR) is 90.3 cm³/mol. The van der Waals surface area contributed by atoms with E-state index in [1.165, 1.54) is 17.5 Å². The Bertz CT molecular complexity index is 597. The maximum atomic E-state index is 5.82. The van der Waals surface area contributed by atoms with Gasteiger partial charge in [0.2, 0.25) is 0 Å². The SMILES string of the molecule is COc1cccc(CN(Cc2cccnc2)CC2CCCO2)c1. The Labute approximate surface area is 138 Å². The molecule has 0 N–H and O–H groups in total. The molecule has 0 bridgehead atoms. The molecule has 1 aliphatic heterocycles. The highest BCUT2D eigenvalue weighted by Crippen LogP contribution is 2.19. The van der Waals surface area contributed by atoms with Crippen molar-refractivity contribution < 1.29 is 9.47 Å². The van der Waals surface area contributed by atoms with Crippen LogP contribution in [0.1, 0.15) is 24.0 Å². The Morgan fingerprint density at radius 3 is 2.83 bits per heavy atom. The van der Waals surface area contributed by atoms with E-state index in [9.17, 15) is 0 Å². The average Bonchev–Trinajstić information content (AvgIpc) is 3.09. The number of hydrogen-bond donors (Lipinski definition) is 0. The Balaban J connectivity index is 1.70. The minimum absolute atomic E-state index is 0.345. The van der Waals surface area contributed by atoms with Crippen LogP contribution in [0.5, 0.6) is 5.75 Å². The van der Waals surface area contributed by atoms with Crippen molar-refractivity contribution in [3.63, 3.8) is 0 Å². The zero-order valence-electron chi connectivity index (χ0n) is 13.6. The summed E-state index contributed by atoms with van der Waals surface area (Å²) in [4.78, 5) is 6.66. The maximum absolute atomic E-state index is 5.82. The zero-order chi connectivity index (χ0) is 15.9. The van der Waals surface area contributed by atoms with Crippen molar-refractivity contribution in [3.05, 3.63) is 59.9 Å². The number of rotatable bonds is 7. The Hall–Kier alpha value is -1.91. The van der Waals surface area contributed by atoms with E-state index < -0.39 is 0 Å². The first-order valence-electron chi connectivity index (χ1n) is 8.19. The van der Waals surface area contributed by atoms with Crippen molar-refractivity contribution in [2.75, 3.05) is 20.3 Å². The van der Waals surface area contributed by atoms with Crippen LogP contribution in [0.2, 0.25) is 0 Å². The lowest BCUT2D eigenvalue weighted by Gasteiger charge is -2.25. The number of benzene rings is 1. The fourth-order valence-electron chi connectivity index (χ4n) is 3.04. The van der Waals surface area contributed by atoms with Crippen molar-refractivity contribution in [1.82, 2.24) is 9.88 Å². The molecular formula is C19H24N2O2. The molecule has 1 aromatic heterocycles. The molecule has 2 aromatic rings. The van der Waals surface area contributed by atoms with Crippen LogP contribution >= 0.6 is 0 Å². The third-order valence-electron chi connectivity index (χ3n) is 4.16. The summed E-state index contributed by atoms with van der Waals surface area (Å²) in [5.41, 5.74) is 2.49. The van der Waals surface area contributed by atoms with Gasteiger partial charge in [-0.25, -0.2) is 0 Å². The van der Waals surface area contributed by atoms with Gasteiger partial charge in [-0.1, -0.05) is 18.2 Å². The lowest BCUT2D eigenvalue weighted by Crippen LogP contribution is -2.31. The second-order valence-electron chi connectivity index (χ2n) is 6.02. The van der Waals surface area contributed by atoms with Crippen molar-refractivity contribution in [3.8, 4) is 5.75 Å². The van der Waals surface area contributed by atoms with E-state index in [-0.39, 0.29) is 0 Å². The molecule has 4 nitrogen and oxygen atoms in total. The van der Waals surface area contributed by atoms with Crippen LogP contribution in [0.25, 0.3) is 0 Å². The van der Waals surface area contributed by atoms with Crippen LogP contribution < -0.4 is 4.74 Å². The molecule has 1 atom stereocenters. The average molecular weight is 312 g/mol. The highest BCUT2D eigenvalue weighted by atomic mass is 16.5. The van der Waals surface area contributed by atoms with Gasteiger partial charge in [-0.05, 0) is 42.2 Å². The Kier molecular flexibility index (Phi) is 5.61. The number of ether oxygens (including phenoxy) is 2. The molecule has 1 aliphatic rings. The van der Waals surface area contributed by atoms with Gasteiger partial charge in [0.25, 0.3) is 0 Å². The number of hydrogen-bond acceptors (Lipinski definition) is 4. The summed E-state index contributed by atoms with van der Waals surface area (Å²) in [6, 6.07) is 12.4. The fraction of sp³-hybridized carbons (Fsp3) is 0.421. The topological polar surface area (TPSA) is 34.6 Å². The molecule has 1 aromatic carbocycles. The second kappa shape index (κ2) is 8.09. The van der Waals surface area contributed by atoms with Crippen LogP contribution in [-0.2, 0) is 17.8 Å². The molecule has 0 amide bonds. The summed E-state index contributed by atoms with van der Waals surface area (Å²) in [5.74, 6) is 0.904. The Morgan fingerprint density at radius 2 is 2.09 bits per heavy atom. The fourth-order valence-corrected chi connectivity index (χ4v) is 3.04. The molecule has 0 saturated carbocycles. The highest BCUT2D eigenvalue weighted by molar-refractivity contribution is 5.28. The van der Waals surface area contributed by atoms with E-state index in [1.807, 2.05) is 30.6 Å². The van der Waals surface area contributed by atoms with E-state index in [4.69, 9.17) is 9.47 Å². The van der Waals surface area contributed by atoms with E-state index in [0.29, 0.717) is 6.10 Å². The van der Waals surface area contributed by atoms with Crippen LogP contribution in [0.4, 0.5) is 0 Å². The molecular weight excluding hydrogens is 288 g/mol. The first-order valence-corrected chi connectivity index (χ1v) is 8.19. The van der Waals surface area contributed by atoms with Gasteiger partial charge in [-0.2, -0.15) is 0 Å². The molecule has 122 valence electrons. The number of pyridine rings is 1. The molecule has 4 heteroatoms. The highest BCUT2D eigenvalue weighted by Gasteiger charge is 2.19. The van der Waals surface area contributed by atoms with E-state index in [0.717, 1.165) is 38.4 Å². The summed E-state index contributed by atoms with van der Waals surface area (Å²) in [7, 11) is 1.71. The van der Waals surface area contributed by atoms with Crippen LogP contribution in [0, 0.1) is 0 Å². The summed E-state index contributed by atoms with van der Waals surface area (Å²) in [6.45, 7) is 3.60. The number of nitrogens with zero attached hydrogens (tertiary/aromatic N) is 2. The minimum atomic E-state index is 0.345. The van der Waals surface area contributed by atoms with Crippen molar-refractivity contribution in [2.24, 2.45) is 0 Å². The monoisotopic (exact) mass is 312 g/mol. The van der Waals surface area contributed by atoms with E-state index in [1.54, 1.807) is 7.11 Å². The zero-order valence-corrected chi connectivity index (χ0v) is 13.6. The third kappa shape index (κ3) is 4.78. The summed E-state index contributed by atoms with van der Waals surface area (Å²) in [6.07, 6.45) is 6.42. The molecule has 2 heterocycles. The molecule has 23 heavy (non-hydrogen) atoms. The van der Waals surface area contributed by atoms with Gasteiger partial charge in [0, 0.05) is 38.6 Å². The van der Waals surface area contributed by atoms with Gasteiger partial charge >= 0.3 is 0 Å². The first kappa shape index (κ1) is 16.0. The van der Waals surface area contributed by atoms with Crippen molar-refractivity contribution in [2.45, 2.75) is 32.0 Å². The second-order valence-corrected chi connectivity index (χ2v) is 6.02. The standard InChI is InChI=1S/C19H24N2O2/c1-22-18-7-2-5-16(11-18)13-21(15-19-8-4-10-23-19)14-17-6-3-9-20-12-17/h2-3,5-7,9,11-12,19H,4,8,10,13-15H2,1H3. The smallest absolute Gasteiger partial charge is 0.119 e. The molecule has 3 rings (SSSR count). The molecule has 0 spiro atoms. The molecule has 0 aliphatic carbocycles. The van der Waals surface area contributed by atoms with Gasteiger partial charge in [-0.15, -0.1) is 0 Å². The van der Waals surface area contributed by atoms with E-state index >= 15 is 0 Å². The van der Waals surface area contributed by atoms with Gasteiger partial charge in [-0.3, -0.25) is 9.88 Å². The van der Waals surface area contributed by atoms with Crippen LogP contribution in [-0.4, -0.2) is 36.2 Å². The van der Waals surface area contributed by atoms with Crippen LogP contribution in [0.3, 0.4) is 0 Å². The minimum Gasteiger partial charge on any atom is -0.497 e. The molecule has 1 fully saturated rings. The summed E-state index contributed by atoms with van der Waals surface area (Å²) >= 11 is 0. The normalized spacial score (nSPS) is 17.6. The predicted octanol–water partition coefficient (Wildman–Crippen LogP) is 3.27. The largest absolute Gasteiger partial charge is 0.497 e. The molecule has 1 saturated heterocycles. The van der Waals surface area contributed by atoms with Gasteiger partial charge < -0.3 is 9.47 Å².